The van der Waals surface area contributed by atoms with Gasteiger partial charge in [0.2, 0.25) is 0 Å². The molecule has 2 aliphatic rings. The van der Waals surface area contributed by atoms with Gasteiger partial charge in [0, 0.05) is 38.6 Å². The molecule has 2 rings (SSSR count). The van der Waals surface area contributed by atoms with Gasteiger partial charge >= 0.3 is 0 Å². The Bertz CT molecular complexity index is 177. The molecule has 0 aromatic heterocycles. The second kappa shape index (κ2) is 4.20. The molecule has 2 fully saturated rings. The molecule has 0 radical (unpaired) electrons. The van der Waals surface area contributed by atoms with Gasteiger partial charge in [0.15, 0.2) is 0 Å². The van der Waals surface area contributed by atoms with Crippen molar-refractivity contribution in [1.82, 2.24) is 4.90 Å². The molecule has 0 aromatic rings. The minimum atomic E-state index is 0.424. The molecule has 74 valence electrons. The zero-order valence-electron chi connectivity index (χ0n) is 8.00. The van der Waals surface area contributed by atoms with E-state index < -0.39 is 0 Å². The fourth-order valence-electron chi connectivity index (χ4n) is 2.15. The summed E-state index contributed by atoms with van der Waals surface area (Å²) in [5.41, 5.74) is 0. The number of carbonyl (C=O) groups is 1. The maximum absolute atomic E-state index is 11.0. The predicted octanol–water partition coefficient (Wildman–Crippen LogP) is 0.830. The van der Waals surface area contributed by atoms with Gasteiger partial charge in [-0.15, -0.1) is 0 Å². The quantitative estimate of drug-likeness (QED) is 0.603. The third-order valence-electron chi connectivity index (χ3n) is 3.01. The van der Waals surface area contributed by atoms with E-state index in [0.29, 0.717) is 11.8 Å². The number of Topliss-reactive ketones (excluding diaryl/α,β-unsaturated/α-hetero) is 1. The largest absolute Gasteiger partial charge is 0.380 e. The molecule has 0 aromatic carbocycles. The Balaban J connectivity index is 1.82. The Hall–Kier alpha value is -0.410. The topological polar surface area (TPSA) is 29.5 Å². The molecule has 0 aliphatic carbocycles. The molecule has 0 amide bonds. The first kappa shape index (κ1) is 9.16. The molecule has 2 aliphatic heterocycles. The van der Waals surface area contributed by atoms with Crippen molar-refractivity contribution in [3.8, 4) is 0 Å². The summed E-state index contributed by atoms with van der Waals surface area (Å²) in [4.78, 5) is 13.5. The molecule has 13 heavy (non-hydrogen) atoms. The van der Waals surface area contributed by atoms with Gasteiger partial charge in [0.05, 0.1) is 6.61 Å². The zero-order chi connectivity index (χ0) is 9.10. The first-order chi connectivity index (χ1) is 6.36. The van der Waals surface area contributed by atoms with Gasteiger partial charge in [0.1, 0.15) is 5.78 Å². The van der Waals surface area contributed by atoms with Crippen LogP contribution in [0.15, 0.2) is 0 Å². The Labute approximate surface area is 79.0 Å². The van der Waals surface area contributed by atoms with Crippen LogP contribution in [0, 0.1) is 0 Å². The Morgan fingerprint density at radius 3 is 2.69 bits per heavy atom. The smallest absolute Gasteiger partial charge is 0.135 e. The van der Waals surface area contributed by atoms with Crippen LogP contribution in [0.4, 0.5) is 0 Å². The molecule has 2 saturated heterocycles. The third-order valence-corrected chi connectivity index (χ3v) is 3.01. The standard InChI is InChI=1S/C10H17NO2/c12-10-3-5-11(6-4-10)9-2-1-7-13-8-9/h9H,1-8H2. The Morgan fingerprint density at radius 1 is 1.31 bits per heavy atom. The van der Waals surface area contributed by atoms with E-state index >= 15 is 0 Å². The van der Waals surface area contributed by atoms with Gasteiger partial charge in [-0.1, -0.05) is 0 Å². The van der Waals surface area contributed by atoms with Gasteiger partial charge in [-0.3, -0.25) is 9.69 Å². The maximum Gasteiger partial charge on any atom is 0.135 e. The zero-order valence-corrected chi connectivity index (χ0v) is 8.00. The number of hydrogen-bond donors (Lipinski definition) is 0. The summed E-state index contributed by atoms with van der Waals surface area (Å²) in [5, 5.41) is 0. The highest BCUT2D eigenvalue weighted by Crippen LogP contribution is 2.17. The number of ether oxygens (including phenoxy) is 1. The number of ketones is 1. The summed E-state index contributed by atoms with van der Waals surface area (Å²) in [7, 11) is 0. The lowest BCUT2D eigenvalue weighted by Crippen LogP contribution is -2.45. The Kier molecular flexibility index (Phi) is 2.96. The lowest BCUT2D eigenvalue weighted by Gasteiger charge is -2.36. The van der Waals surface area contributed by atoms with Crippen LogP contribution in [-0.4, -0.2) is 43.0 Å². The van der Waals surface area contributed by atoms with Crippen molar-refractivity contribution in [2.24, 2.45) is 0 Å². The van der Waals surface area contributed by atoms with Crippen LogP contribution in [0.25, 0.3) is 0 Å². The van der Waals surface area contributed by atoms with E-state index in [0.717, 1.165) is 39.1 Å². The van der Waals surface area contributed by atoms with E-state index in [4.69, 9.17) is 4.74 Å². The van der Waals surface area contributed by atoms with E-state index in [1.54, 1.807) is 0 Å². The van der Waals surface area contributed by atoms with Crippen molar-refractivity contribution >= 4 is 5.78 Å². The summed E-state index contributed by atoms with van der Waals surface area (Å²) in [6, 6.07) is 0.585. The maximum atomic E-state index is 11.0. The van der Waals surface area contributed by atoms with Crippen LogP contribution in [0.1, 0.15) is 25.7 Å². The number of piperidine rings is 1. The van der Waals surface area contributed by atoms with Crippen molar-refractivity contribution in [2.45, 2.75) is 31.7 Å². The highest BCUT2D eigenvalue weighted by atomic mass is 16.5. The molecule has 3 nitrogen and oxygen atoms in total. The lowest BCUT2D eigenvalue weighted by molar-refractivity contribution is -0.122. The van der Waals surface area contributed by atoms with Gasteiger partial charge in [-0.25, -0.2) is 0 Å². The van der Waals surface area contributed by atoms with Crippen molar-refractivity contribution in [3.63, 3.8) is 0 Å². The van der Waals surface area contributed by atoms with Gasteiger partial charge in [-0.05, 0) is 12.8 Å². The summed E-state index contributed by atoms with van der Waals surface area (Å²) in [6.45, 7) is 3.69. The SMILES string of the molecule is O=C1CCN(C2CCCOC2)CC1. The van der Waals surface area contributed by atoms with E-state index in [-0.39, 0.29) is 0 Å². The van der Waals surface area contributed by atoms with Crippen LogP contribution in [0.3, 0.4) is 0 Å². The molecular weight excluding hydrogens is 166 g/mol. The highest BCUT2D eigenvalue weighted by Gasteiger charge is 2.25. The number of carbonyl (C=O) groups excluding carboxylic acids is 1. The van der Waals surface area contributed by atoms with Crippen LogP contribution < -0.4 is 0 Å². The molecule has 0 N–H and O–H groups in total. The molecular formula is C10H17NO2. The number of rotatable bonds is 1. The molecule has 3 heteroatoms. The lowest BCUT2D eigenvalue weighted by atomic mass is 10.0. The first-order valence-corrected chi connectivity index (χ1v) is 5.20. The van der Waals surface area contributed by atoms with E-state index in [1.165, 1.54) is 12.8 Å². The van der Waals surface area contributed by atoms with E-state index in [9.17, 15) is 4.79 Å². The van der Waals surface area contributed by atoms with Crippen molar-refractivity contribution < 1.29 is 9.53 Å². The fraction of sp³-hybridized carbons (Fsp3) is 0.900. The molecule has 0 saturated carbocycles. The normalized spacial score (nSPS) is 32.0. The second-order valence-corrected chi connectivity index (χ2v) is 3.95. The summed E-state index contributed by atoms with van der Waals surface area (Å²) >= 11 is 0. The van der Waals surface area contributed by atoms with Gasteiger partial charge in [0.25, 0.3) is 0 Å². The fourth-order valence-corrected chi connectivity index (χ4v) is 2.15. The monoisotopic (exact) mass is 183 g/mol. The van der Waals surface area contributed by atoms with Crippen molar-refractivity contribution in [2.75, 3.05) is 26.3 Å². The average Bonchev–Trinajstić information content (AvgIpc) is 2.20. The molecule has 2 heterocycles. The Morgan fingerprint density at radius 2 is 2.08 bits per heavy atom. The minimum absolute atomic E-state index is 0.424. The first-order valence-electron chi connectivity index (χ1n) is 5.20. The van der Waals surface area contributed by atoms with E-state index in [2.05, 4.69) is 4.90 Å². The van der Waals surface area contributed by atoms with Crippen LogP contribution in [-0.2, 0) is 9.53 Å². The molecule has 0 spiro atoms. The molecule has 0 bridgehead atoms. The predicted molar refractivity (Wildman–Crippen MR) is 49.7 cm³/mol. The van der Waals surface area contributed by atoms with Crippen molar-refractivity contribution in [3.05, 3.63) is 0 Å². The third kappa shape index (κ3) is 2.29. The second-order valence-electron chi connectivity index (χ2n) is 3.95. The molecule has 1 atom stereocenters. The molecule has 1 unspecified atom stereocenters. The van der Waals surface area contributed by atoms with Crippen LogP contribution in [0.2, 0.25) is 0 Å². The van der Waals surface area contributed by atoms with Gasteiger partial charge < -0.3 is 4.74 Å². The number of nitrogens with zero attached hydrogens (tertiary/aromatic N) is 1. The highest BCUT2D eigenvalue weighted by molar-refractivity contribution is 5.79. The summed E-state index contributed by atoms with van der Waals surface area (Å²) in [5.74, 6) is 0.424. The number of likely N-dealkylation sites (tertiary alicyclic amines) is 1. The average molecular weight is 183 g/mol. The van der Waals surface area contributed by atoms with Crippen LogP contribution in [0.5, 0.6) is 0 Å². The minimum Gasteiger partial charge on any atom is -0.380 e. The van der Waals surface area contributed by atoms with Crippen LogP contribution >= 0.6 is 0 Å². The summed E-state index contributed by atoms with van der Waals surface area (Å²) in [6.07, 6.45) is 3.91. The van der Waals surface area contributed by atoms with Gasteiger partial charge in [-0.2, -0.15) is 0 Å². The van der Waals surface area contributed by atoms with E-state index in [1.807, 2.05) is 0 Å². The van der Waals surface area contributed by atoms with Crippen molar-refractivity contribution in [1.29, 1.82) is 0 Å². The summed E-state index contributed by atoms with van der Waals surface area (Å²) < 4.78 is 5.44. The number of hydrogen-bond acceptors (Lipinski definition) is 3.